The SMILES string of the molecule is C=NNc1nccc([C@@]2(C)c3nnc(-c4c(F)cccc4F)cc3[C@H](CC)C2(C)C)n1.CCCS(=O)(=O)C(C)C. The van der Waals surface area contributed by atoms with Crippen molar-refractivity contribution in [2.75, 3.05) is 11.2 Å². The average Bonchev–Trinajstić information content (AvgIpc) is 3.06. The Morgan fingerprint density at radius 2 is 1.75 bits per heavy atom. The number of nitrogens with one attached hydrogen (secondary N) is 1. The quantitative estimate of drug-likeness (QED) is 0.249. The molecule has 3 aromatic rings. The third-order valence-corrected chi connectivity index (χ3v) is 10.4. The summed E-state index contributed by atoms with van der Waals surface area (Å²) in [6.45, 7) is 17.2. The first-order chi connectivity index (χ1) is 18.8. The molecule has 1 N–H and O–H groups in total. The topological polar surface area (TPSA) is 110 Å². The van der Waals surface area contributed by atoms with Gasteiger partial charge < -0.3 is 0 Å². The van der Waals surface area contributed by atoms with Gasteiger partial charge in [0, 0.05) is 12.9 Å². The van der Waals surface area contributed by atoms with Crippen LogP contribution in [0.15, 0.2) is 41.6 Å². The average molecular weight is 573 g/mol. The van der Waals surface area contributed by atoms with Gasteiger partial charge in [-0.3, -0.25) is 0 Å². The highest BCUT2D eigenvalue weighted by molar-refractivity contribution is 7.91. The largest absolute Gasteiger partial charge is 0.246 e. The minimum absolute atomic E-state index is 0.0838. The fourth-order valence-electron chi connectivity index (χ4n) is 5.43. The summed E-state index contributed by atoms with van der Waals surface area (Å²) in [5.41, 5.74) is 4.23. The van der Waals surface area contributed by atoms with E-state index in [1.165, 1.54) is 18.2 Å². The van der Waals surface area contributed by atoms with Crippen LogP contribution in [-0.4, -0.2) is 46.3 Å². The van der Waals surface area contributed by atoms with Crippen molar-refractivity contribution in [1.82, 2.24) is 20.2 Å². The van der Waals surface area contributed by atoms with E-state index in [-0.39, 0.29) is 27.8 Å². The molecule has 0 saturated carbocycles. The summed E-state index contributed by atoms with van der Waals surface area (Å²) in [6, 6.07) is 7.41. The molecule has 4 rings (SSSR count). The van der Waals surface area contributed by atoms with Gasteiger partial charge >= 0.3 is 0 Å². The molecule has 1 aliphatic rings. The van der Waals surface area contributed by atoms with Crippen molar-refractivity contribution in [2.45, 2.75) is 77.9 Å². The number of nitrogens with zero attached hydrogens (tertiary/aromatic N) is 5. The summed E-state index contributed by atoms with van der Waals surface area (Å²) in [7, 11) is -2.75. The molecule has 0 radical (unpaired) electrons. The summed E-state index contributed by atoms with van der Waals surface area (Å²) >= 11 is 0. The number of hydrazone groups is 1. The molecule has 11 heteroatoms. The zero-order chi connectivity index (χ0) is 29.9. The number of hydrogen-bond acceptors (Lipinski definition) is 8. The first-order valence-electron chi connectivity index (χ1n) is 13.3. The van der Waals surface area contributed by atoms with Crippen molar-refractivity contribution < 1.29 is 17.2 Å². The van der Waals surface area contributed by atoms with Crippen LogP contribution in [0.1, 0.15) is 84.2 Å². The highest BCUT2D eigenvalue weighted by Gasteiger charge is 2.57. The smallest absolute Gasteiger partial charge is 0.243 e. The number of rotatable bonds is 8. The fourth-order valence-corrected chi connectivity index (χ4v) is 6.47. The molecule has 0 aliphatic heterocycles. The van der Waals surface area contributed by atoms with Crippen LogP contribution in [0.4, 0.5) is 14.7 Å². The fraction of sp³-hybridized carbons (Fsp3) is 0.483. The minimum Gasteiger partial charge on any atom is -0.246 e. The van der Waals surface area contributed by atoms with Crippen LogP contribution in [0, 0.1) is 17.0 Å². The Bertz CT molecular complexity index is 1460. The van der Waals surface area contributed by atoms with Gasteiger partial charge in [-0.1, -0.05) is 33.8 Å². The first-order valence-corrected chi connectivity index (χ1v) is 15.1. The van der Waals surface area contributed by atoms with Crippen molar-refractivity contribution in [3.8, 4) is 11.3 Å². The third kappa shape index (κ3) is 5.61. The zero-order valence-electron chi connectivity index (χ0n) is 24.2. The molecule has 40 heavy (non-hydrogen) atoms. The van der Waals surface area contributed by atoms with Gasteiger partial charge in [0.1, 0.15) is 11.6 Å². The molecular formula is C29H38F2N6O2S. The van der Waals surface area contributed by atoms with E-state index in [1.54, 1.807) is 26.1 Å². The van der Waals surface area contributed by atoms with Gasteiger partial charge in [-0.05, 0) is 74.8 Å². The van der Waals surface area contributed by atoms with E-state index >= 15 is 0 Å². The van der Waals surface area contributed by atoms with E-state index in [0.29, 0.717) is 11.7 Å². The summed E-state index contributed by atoms with van der Waals surface area (Å²) in [5.74, 6) is -0.578. The molecule has 2 aromatic heterocycles. The molecule has 0 amide bonds. The number of benzene rings is 1. The van der Waals surface area contributed by atoms with Crippen molar-refractivity contribution in [3.63, 3.8) is 0 Å². The van der Waals surface area contributed by atoms with Crippen LogP contribution < -0.4 is 5.43 Å². The number of hydrogen-bond donors (Lipinski definition) is 1. The second-order valence-electron chi connectivity index (χ2n) is 10.9. The standard InChI is InChI=1S/C23H24F2N6.C6H14O2S/c1-6-14-13-12-17(19-15(24)8-7-9-16(19)25)29-30-20(13)23(4,22(14,2)3)18-10-11-27-21(28-18)31-26-5;1-4-5-9(7,8)6(2)3/h7-12,14H,5-6H2,1-4H3,(H,27,28,31);6H,4-5H2,1-3H3/t14-,23-;/m0./s1. The second kappa shape index (κ2) is 12.0. The number of fused-ring (bicyclic) bond motifs is 1. The molecule has 1 aliphatic carbocycles. The lowest BCUT2D eigenvalue weighted by Gasteiger charge is -2.41. The maximum absolute atomic E-state index is 14.4. The van der Waals surface area contributed by atoms with E-state index in [0.717, 1.165) is 29.8 Å². The number of aromatic nitrogens is 4. The van der Waals surface area contributed by atoms with Crippen molar-refractivity contribution >= 4 is 22.5 Å². The summed E-state index contributed by atoms with van der Waals surface area (Å²) in [4.78, 5) is 8.82. The van der Waals surface area contributed by atoms with E-state index in [2.05, 4.69) is 65.1 Å². The summed E-state index contributed by atoms with van der Waals surface area (Å²) in [5, 5.41) is 12.2. The molecule has 0 saturated heterocycles. The lowest BCUT2D eigenvalue weighted by atomic mass is 9.62. The van der Waals surface area contributed by atoms with Crippen LogP contribution in [0.2, 0.25) is 0 Å². The molecule has 8 nitrogen and oxygen atoms in total. The Hall–Kier alpha value is -3.34. The molecule has 0 spiro atoms. The van der Waals surface area contributed by atoms with Gasteiger partial charge in [-0.15, -0.1) is 5.10 Å². The Labute approximate surface area is 235 Å². The highest BCUT2D eigenvalue weighted by Crippen LogP contribution is 2.61. The number of sulfone groups is 1. The summed E-state index contributed by atoms with van der Waals surface area (Å²) < 4.78 is 50.7. The normalized spacial score (nSPS) is 19.5. The van der Waals surface area contributed by atoms with Gasteiger partial charge in [-0.2, -0.15) is 10.2 Å². The minimum atomic E-state index is -2.75. The Balaban J connectivity index is 0.000000424. The van der Waals surface area contributed by atoms with Gasteiger partial charge in [-0.25, -0.2) is 32.6 Å². The molecule has 0 bridgehead atoms. The Kier molecular flexibility index (Phi) is 9.39. The lowest BCUT2D eigenvalue weighted by molar-refractivity contribution is 0.189. The van der Waals surface area contributed by atoms with Gasteiger partial charge in [0.05, 0.1) is 39.1 Å². The van der Waals surface area contributed by atoms with Gasteiger partial charge in [0.25, 0.3) is 0 Å². The highest BCUT2D eigenvalue weighted by atomic mass is 32.2. The van der Waals surface area contributed by atoms with Crippen molar-refractivity contribution in [1.29, 1.82) is 0 Å². The predicted molar refractivity (Wildman–Crippen MR) is 155 cm³/mol. The molecule has 2 atom stereocenters. The lowest BCUT2D eigenvalue weighted by Crippen LogP contribution is -2.40. The molecule has 0 fully saturated rings. The molecule has 1 aromatic carbocycles. The molecular weight excluding hydrogens is 534 g/mol. The van der Waals surface area contributed by atoms with Gasteiger partial charge in [0.15, 0.2) is 9.84 Å². The van der Waals surface area contributed by atoms with Crippen LogP contribution in [0.25, 0.3) is 11.3 Å². The van der Waals surface area contributed by atoms with Gasteiger partial charge in [0.2, 0.25) is 5.95 Å². The summed E-state index contributed by atoms with van der Waals surface area (Å²) in [6.07, 6.45) is 3.21. The number of anilines is 1. The molecule has 2 heterocycles. The molecule has 216 valence electrons. The van der Waals surface area contributed by atoms with Crippen LogP contribution >= 0.6 is 0 Å². The van der Waals surface area contributed by atoms with Crippen LogP contribution in [0.5, 0.6) is 0 Å². The maximum atomic E-state index is 14.4. The Morgan fingerprint density at radius 3 is 2.27 bits per heavy atom. The molecule has 0 unspecified atom stereocenters. The Morgan fingerprint density at radius 1 is 1.10 bits per heavy atom. The predicted octanol–water partition coefficient (Wildman–Crippen LogP) is 6.30. The van der Waals surface area contributed by atoms with Crippen molar-refractivity contribution in [2.24, 2.45) is 10.5 Å². The third-order valence-electron chi connectivity index (χ3n) is 8.01. The second-order valence-corrected chi connectivity index (χ2v) is 13.6. The van der Waals surface area contributed by atoms with Crippen LogP contribution in [-0.2, 0) is 15.3 Å². The van der Waals surface area contributed by atoms with E-state index < -0.39 is 26.9 Å². The van der Waals surface area contributed by atoms with E-state index in [9.17, 15) is 17.2 Å². The zero-order valence-corrected chi connectivity index (χ0v) is 25.0. The van der Waals surface area contributed by atoms with E-state index in [4.69, 9.17) is 0 Å². The van der Waals surface area contributed by atoms with E-state index in [1.807, 2.05) is 13.0 Å². The maximum Gasteiger partial charge on any atom is 0.243 e. The first kappa shape index (κ1) is 31.2. The monoisotopic (exact) mass is 572 g/mol. The van der Waals surface area contributed by atoms with Crippen molar-refractivity contribution in [3.05, 3.63) is 65.1 Å². The number of halogens is 2. The van der Waals surface area contributed by atoms with Crippen LogP contribution in [0.3, 0.4) is 0 Å².